The molecule has 2 aromatic rings. The van der Waals surface area contributed by atoms with Crippen molar-refractivity contribution in [2.75, 3.05) is 23.7 Å². The molecule has 0 saturated carbocycles. The van der Waals surface area contributed by atoms with Crippen molar-refractivity contribution in [3.8, 4) is 0 Å². The molecule has 0 unspecified atom stereocenters. The molecular weight excluding hydrogens is 368 g/mol. The van der Waals surface area contributed by atoms with Gasteiger partial charge in [0.2, 0.25) is 15.9 Å². The number of hydrogen-bond donors (Lipinski definition) is 1. The Morgan fingerprint density at radius 2 is 1.81 bits per heavy atom. The van der Waals surface area contributed by atoms with Crippen LogP contribution >= 0.6 is 11.3 Å². The van der Waals surface area contributed by atoms with Crippen LogP contribution in [0.25, 0.3) is 0 Å². The number of anilines is 1. The largest absolute Gasteiger partial charge is 0.354 e. The average molecular weight is 395 g/mol. The molecule has 26 heavy (non-hydrogen) atoms. The highest BCUT2D eigenvalue weighted by atomic mass is 32.2. The van der Waals surface area contributed by atoms with Crippen molar-refractivity contribution in [3.05, 3.63) is 52.2 Å². The zero-order valence-electron chi connectivity index (χ0n) is 15.7. The fourth-order valence-corrected chi connectivity index (χ4v) is 4.18. The Balaban J connectivity index is 2.01. The van der Waals surface area contributed by atoms with Gasteiger partial charge in [-0.15, -0.1) is 11.3 Å². The highest BCUT2D eigenvalue weighted by Gasteiger charge is 2.19. The number of carbonyl (C=O) groups is 1. The highest BCUT2D eigenvalue weighted by molar-refractivity contribution is 7.92. The molecule has 0 radical (unpaired) electrons. The molecular formula is C19H26N2O3S2. The van der Waals surface area contributed by atoms with E-state index in [2.05, 4.69) is 26.1 Å². The summed E-state index contributed by atoms with van der Waals surface area (Å²) in [5, 5.41) is 4.72. The summed E-state index contributed by atoms with van der Waals surface area (Å²) in [5.41, 5.74) is 1.75. The predicted octanol–water partition coefficient (Wildman–Crippen LogP) is 3.17. The minimum Gasteiger partial charge on any atom is -0.354 e. The quantitative estimate of drug-likeness (QED) is 0.784. The molecule has 142 valence electrons. The van der Waals surface area contributed by atoms with Crippen LogP contribution in [0.2, 0.25) is 0 Å². The van der Waals surface area contributed by atoms with Crippen molar-refractivity contribution in [1.29, 1.82) is 0 Å². The standard InChI is InChI=1S/C19H26N2O3S2/c1-19(2,3)15-7-9-16(10-8-15)21(26(4,23)24)12-11-20-18(22)14-17-6-5-13-25-17/h5-10,13H,11-12,14H2,1-4H3,(H,20,22). The first kappa shape index (κ1) is 20.5. The van der Waals surface area contributed by atoms with Crippen LogP contribution in [0.3, 0.4) is 0 Å². The van der Waals surface area contributed by atoms with Gasteiger partial charge in [-0.1, -0.05) is 39.0 Å². The van der Waals surface area contributed by atoms with Crippen LogP contribution < -0.4 is 9.62 Å². The summed E-state index contributed by atoms with van der Waals surface area (Å²) in [6, 6.07) is 11.3. The summed E-state index contributed by atoms with van der Waals surface area (Å²) in [6.45, 7) is 6.79. The smallest absolute Gasteiger partial charge is 0.232 e. The fourth-order valence-electron chi connectivity index (χ4n) is 2.54. The molecule has 0 bridgehead atoms. The van der Waals surface area contributed by atoms with Gasteiger partial charge in [0, 0.05) is 11.4 Å². The molecule has 0 aliphatic rings. The number of hydrogen-bond acceptors (Lipinski definition) is 4. The van der Waals surface area contributed by atoms with E-state index in [-0.39, 0.29) is 24.4 Å². The number of nitrogens with zero attached hydrogens (tertiary/aromatic N) is 1. The fraction of sp³-hybridized carbons (Fsp3) is 0.421. The molecule has 1 aromatic carbocycles. The van der Waals surface area contributed by atoms with E-state index in [1.807, 2.05) is 41.8 Å². The molecule has 1 heterocycles. The Hall–Kier alpha value is -1.86. The maximum atomic E-state index is 12.2. The second kappa shape index (κ2) is 8.22. The lowest BCUT2D eigenvalue weighted by Crippen LogP contribution is -2.38. The number of rotatable bonds is 7. The average Bonchev–Trinajstić information content (AvgIpc) is 3.02. The Kier molecular flexibility index (Phi) is 6.47. The SMILES string of the molecule is CC(C)(C)c1ccc(N(CCNC(=O)Cc2cccs2)S(C)(=O)=O)cc1. The Labute approximate surface area is 160 Å². The summed E-state index contributed by atoms with van der Waals surface area (Å²) < 4.78 is 25.6. The van der Waals surface area contributed by atoms with Gasteiger partial charge in [0.1, 0.15) is 0 Å². The Morgan fingerprint density at radius 1 is 1.15 bits per heavy atom. The van der Waals surface area contributed by atoms with E-state index in [4.69, 9.17) is 0 Å². The van der Waals surface area contributed by atoms with E-state index < -0.39 is 10.0 Å². The van der Waals surface area contributed by atoms with Gasteiger partial charge in [0.15, 0.2) is 0 Å². The van der Waals surface area contributed by atoms with E-state index in [1.165, 1.54) is 21.9 Å². The number of sulfonamides is 1. The molecule has 5 nitrogen and oxygen atoms in total. The van der Waals surface area contributed by atoms with Crippen LogP contribution in [0, 0.1) is 0 Å². The molecule has 0 fully saturated rings. The monoisotopic (exact) mass is 394 g/mol. The Bertz CT molecular complexity index is 821. The lowest BCUT2D eigenvalue weighted by Gasteiger charge is -2.24. The van der Waals surface area contributed by atoms with Gasteiger partial charge >= 0.3 is 0 Å². The van der Waals surface area contributed by atoms with Crippen molar-refractivity contribution in [2.45, 2.75) is 32.6 Å². The summed E-state index contributed by atoms with van der Waals surface area (Å²) in [4.78, 5) is 12.9. The van der Waals surface area contributed by atoms with Crippen LogP contribution in [-0.2, 0) is 26.7 Å². The predicted molar refractivity (Wildman–Crippen MR) is 108 cm³/mol. The maximum Gasteiger partial charge on any atom is 0.232 e. The number of amides is 1. The summed E-state index contributed by atoms with van der Waals surface area (Å²) in [7, 11) is -3.43. The number of thiophene rings is 1. The molecule has 7 heteroatoms. The minimum atomic E-state index is -3.43. The number of nitrogens with one attached hydrogen (secondary N) is 1. The van der Waals surface area contributed by atoms with Gasteiger partial charge in [-0.3, -0.25) is 9.10 Å². The highest BCUT2D eigenvalue weighted by Crippen LogP contribution is 2.25. The van der Waals surface area contributed by atoms with Crippen LogP contribution in [0.1, 0.15) is 31.2 Å². The van der Waals surface area contributed by atoms with Gasteiger partial charge in [-0.2, -0.15) is 0 Å². The maximum absolute atomic E-state index is 12.2. The van der Waals surface area contributed by atoms with Gasteiger partial charge < -0.3 is 5.32 Å². The van der Waals surface area contributed by atoms with Gasteiger partial charge in [-0.25, -0.2) is 8.42 Å². The molecule has 0 atom stereocenters. The van der Waals surface area contributed by atoms with Crippen LogP contribution in [0.5, 0.6) is 0 Å². The molecule has 0 saturated heterocycles. The van der Waals surface area contributed by atoms with E-state index in [1.54, 1.807) is 0 Å². The van der Waals surface area contributed by atoms with Crippen molar-refractivity contribution in [3.63, 3.8) is 0 Å². The lowest BCUT2D eigenvalue weighted by molar-refractivity contribution is -0.120. The summed E-state index contributed by atoms with van der Waals surface area (Å²) in [6.07, 6.45) is 1.50. The summed E-state index contributed by atoms with van der Waals surface area (Å²) in [5.74, 6) is -0.107. The van der Waals surface area contributed by atoms with E-state index in [0.29, 0.717) is 12.1 Å². The number of carbonyl (C=O) groups excluding carboxylic acids is 1. The van der Waals surface area contributed by atoms with Crippen molar-refractivity contribution >= 4 is 33.0 Å². The second-order valence-electron chi connectivity index (χ2n) is 7.24. The first-order valence-corrected chi connectivity index (χ1v) is 11.2. The van der Waals surface area contributed by atoms with E-state index >= 15 is 0 Å². The molecule has 1 amide bonds. The third-order valence-corrected chi connectivity index (χ3v) is 6.04. The lowest BCUT2D eigenvalue weighted by atomic mass is 9.87. The van der Waals surface area contributed by atoms with Crippen molar-refractivity contribution in [2.24, 2.45) is 0 Å². The van der Waals surface area contributed by atoms with E-state index in [0.717, 1.165) is 10.4 Å². The van der Waals surface area contributed by atoms with Crippen molar-refractivity contribution in [1.82, 2.24) is 5.32 Å². The van der Waals surface area contributed by atoms with Crippen LogP contribution in [0.15, 0.2) is 41.8 Å². The van der Waals surface area contributed by atoms with Gasteiger partial charge in [0.25, 0.3) is 0 Å². The third kappa shape index (κ3) is 5.85. The van der Waals surface area contributed by atoms with Gasteiger partial charge in [-0.05, 0) is 34.6 Å². The Morgan fingerprint density at radius 3 is 2.31 bits per heavy atom. The first-order chi connectivity index (χ1) is 12.1. The normalized spacial score (nSPS) is 12.0. The molecule has 0 aliphatic carbocycles. The van der Waals surface area contributed by atoms with Gasteiger partial charge in [0.05, 0.1) is 24.9 Å². The zero-order valence-corrected chi connectivity index (χ0v) is 17.3. The van der Waals surface area contributed by atoms with E-state index in [9.17, 15) is 13.2 Å². The second-order valence-corrected chi connectivity index (χ2v) is 10.2. The summed E-state index contributed by atoms with van der Waals surface area (Å²) >= 11 is 1.53. The van der Waals surface area contributed by atoms with Crippen LogP contribution in [0.4, 0.5) is 5.69 Å². The zero-order chi connectivity index (χ0) is 19.4. The van der Waals surface area contributed by atoms with Crippen LogP contribution in [-0.4, -0.2) is 33.7 Å². The molecule has 1 N–H and O–H groups in total. The minimum absolute atomic E-state index is 0.00418. The first-order valence-electron chi connectivity index (χ1n) is 8.45. The molecule has 1 aromatic heterocycles. The molecule has 0 spiro atoms. The van der Waals surface area contributed by atoms with Crippen molar-refractivity contribution < 1.29 is 13.2 Å². The molecule has 0 aliphatic heterocycles. The molecule has 2 rings (SSSR count). The third-order valence-electron chi connectivity index (χ3n) is 3.97. The number of benzene rings is 1. The topological polar surface area (TPSA) is 66.5 Å².